The zero-order valence-corrected chi connectivity index (χ0v) is 12.1. The number of carbonyl (C=O) groups is 2. The van der Waals surface area contributed by atoms with Gasteiger partial charge < -0.3 is 14.4 Å². The largest absolute Gasteiger partial charge is 0.478 e. The minimum absolute atomic E-state index is 0.00313. The SMILES string of the molecule is O=C(O)c1coc(C(=O)N2CCC(Cc3ccccc3)C2)c1. The number of furan rings is 1. The van der Waals surface area contributed by atoms with Gasteiger partial charge in [-0.2, -0.15) is 0 Å². The van der Waals surface area contributed by atoms with E-state index in [1.54, 1.807) is 4.90 Å². The molecule has 0 spiro atoms. The molecule has 114 valence electrons. The van der Waals surface area contributed by atoms with Gasteiger partial charge in [0, 0.05) is 19.2 Å². The van der Waals surface area contributed by atoms with Gasteiger partial charge in [-0.15, -0.1) is 0 Å². The Labute approximate surface area is 128 Å². The zero-order chi connectivity index (χ0) is 15.5. The van der Waals surface area contributed by atoms with Gasteiger partial charge in [0.25, 0.3) is 5.91 Å². The first-order valence-electron chi connectivity index (χ1n) is 7.28. The van der Waals surface area contributed by atoms with Gasteiger partial charge in [0.2, 0.25) is 0 Å². The summed E-state index contributed by atoms with van der Waals surface area (Å²) in [5.74, 6) is -0.799. The molecule has 0 saturated carbocycles. The Kier molecular flexibility index (Phi) is 3.96. The first kappa shape index (κ1) is 14.4. The molecule has 1 fully saturated rings. The first-order valence-corrected chi connectivity index (χ1v) is 7.28. The van der Waals surface area contributed by atoms with Gasteiger partial charge in [0.05, 0.1) is 5.56 Å². The molecular weight excluding hydrogens is 282 g/mol. The van der Waals surface area contributed by atoms with Crippen LogP contribution in [0.5, 0.6) is 0 Å². The molecule has 0 bridgehead atoms. The fourth-order valence-corrected chi connectivity index (χ4v) is 2.85. The second-order valence-electron chi connectivity index (χ2n) is 5.60. The Bertz CT molecular complexity index is 677. The van der Waals surface area contributed by atoms with Gasteiger partial charge in [-0.05, 0) is 24.3 Å². The predicted octanol–water partition coefficient (Wildman–Crippen LogP) is 2.68. The number of amides is 1. The third-order valence-electron chi connectivity index (χ3n) is 4.00. The summed E-state index contributed by atoms with van der Waals surface area (Å²) in [6.45, 7) is 1.36. The van der Waals surface area contributed by atoms with Gasteiger partial charge in [-0.25, -0.2) is 4.79 Å². The highest BCUT2D eigenvalue weighted by molar-refractivity contribution is 5.95. The highest BCUT2D eigenvalue weighted by Crippen LogP contribution is 2.23. The zero-order valence-electron chi connectivity index (χ0n) is 12.1. The van der Waals surface area contributed by atoms with Crippen LogP contribution in [0.25, 0.3) is 0 Å². The van der Waals surface area contributed by atoms with E-state index in [4.69, 9.17) is 9.52 Å². The number of aromatic carboxylic acids is 1. The molecule has 0 radical (unpaired) electrons. The fourth-order valence-electron chi connectivity index (χ4n) is 2.85. The van der Waals surface area contributed by atoms with Crippen LogP contribution < -0.4 is 0 Å². The topological polar surface area (TPSA) is 70.7 Å². The van der Waals surface area contributed by atoms with E-state index < -0.39 is 5.97 Å². The van der Waals surface area contributed by atoms with E-state index in [9.17, 15) is 9.59 Å². The maximum atomic E-state index is 12.3. The van der Waals surface area contributed by atoms with E-state index in [2.05, 4.69) is 12.1 Å². The van der Waals surface area contributed by atoms with Crippen LogP contribution in [0.15, 0.2) is 47.1 Å². The van der Waals surface area contributed by atoms with Gasteiger partial charge in [0.15, 0.2) is 5.76 Å². The summed E-state index contributed by atoms with van der Waals surface area (Å²) in [6, 6.07) is 11.5. The smallest absolute Gasteiger partial charge is 0.338 e. The molecule has 1 aromatic heterocycles. The molecule has 5 nitrogen and oxygen atoms in total. The van der Waals surface area contributed by atoms with Crippen molar-refractivity contribution in [1.82, 2.24) is 4.90 Å². The Morgan fingerprint density at radius 2 is 2.05 bits per heavy atom. The number of likely N-dealkylation sites (tertiary alicyclic amines) is 1. The molecule has 1 atom stereocenters. The fraction of sp³-hybridized carbons (Fsp3) is 0.294. The predicted molar refractivity (Wildman–Crippen MR) is 79.8 cm³/mol. The van der Waals surface area contributed by atoms with Crippen molar-refractivity contribution in [2.75, 3.05) is 13.1 Å². The van der Waals surface area contributed by atoms with Crippen LogP contribution in [-0.4, -0.2) is 35.0 Å². The van der Waals surface area contributed by atoms with E-state index in [-0.39, 0.29) is 17.2 Å². The van der Waals surface area contributed by atoms with E-state index in [0.29, 0.717) is 19.0 Å². The van der Waals surface area contributed by atoms with Crippen LogP contribution in [0, 0.1) is 5.92 Å². The van der Waals surface area contributed by atoms with E-state index in [0.717, 1.165) is 19.1 Å². The van der Waals surface area contributed by atoms with E-state index in [1.807, 2.05) is 18.2 Å². The number of nitrogens with zero attached hydrogens (tertiary/aromatic N) is 1. The third-order valence-corrected chi connectivity index (χ3v) is 4.00. The lowest BCUT2D eigenvalue weighted by molar-refractivity contribution is 0.0695. The highest BCUT2D eigenvalue weighted by atomic mass is 16.4. The quantitative estimate of drug-likeness (QED) is 0.942. The van der Waals surface area contributed by atoms with Gasteiger partial charge >= 0.3 is 5.97 Å². The molecule has 2 aromatic rings. The maximum absolute atomic E-state index is 12.3. The summed E-state index contributed by atoms with van der Waals surface area (Å²) >= 11 is 0. The lowest BCUT2D eigenvalue weighted by atomic mass is 9.99. The average molecular weight is 299 g/mol. The minimum Gasteiger partial charge on any atom is -0.478 e. The monoisotopic (exact) mass is 299 g/mol. The number of rotatable bonds is 4. The summed E-state index contributed by atoms with van der Waals surface area (Å²) < 4.78 is 5.08. The van der Waals surface area contributed by atoms with Crippen molar-refractivity contribution >= 4 is 11.9 Å². The second kappa shape index (κ2) is 6.05. The van der Waals surface area contributed by atoms with Crippen LogP contribution in [0.3, 0.4) is 0 Å². The molecule has 1 unspecified atom stereocenters. The van der Waals surface area contributed by atoms with Gasteiger partial charge in [-0.3, -0.25) is 4.79 Å². The molecule has 1 amide bonds. The van der Waals surface area contributed by atoms with Crippen molar-refractivity contribution in [1.29, 1.82) is 0 Å². The summed E-state index contributed by atoms with van der Waals surface area (Å²) in [4.78, 5) is 24.9. The lowest BCUT2D eigenvalue weighted by Gasteiger charge is -2.15. The number of benzene rings is 1. The average Bonchev–Trinajstić information content (AvgIpc) is 3.17. The molecular formula is C17H17NO4. The Morgan fingerprint density at radius 3 is 2.73 bits per heavy atom. The molecule has 1 saturated heterocycles. The molecule has 22 heavy (non-hydrogen) atoms. The van der Waals surface area contributed by atoms with Gasteiger partial charge in [-0.1, -0.05) is 30.3 Å². The van der Waals surface area contributed by atoms with E-state index in [1.165, 1.54) is 11.6 Å². The highest BCUT2D eigenvalue weighted by Gasteiger charge is 2.29. The van der Waals surface area contributed by atoms with E-state index >= 15 is 0 Å². The van der Waals surface area contributed by atoms with Crippen LogP contribution in [-0.2, 0) is 6.42 Å². The Balaban J connectivity index is 1.62. The Hall–Kier alpha value is -2.56. The van der Waals surface area contributed by atoms with Crippen molar-refractivity contribution in [2.45, 2.75) is 12.8 Å². The Morgan fingerprint density at radius 1 is 1.27 bits per heavy atom. The van der Waals surface area contributed by atoms with Crippen molar-refractivity contribution < 1.29 is 19.1 Å². The first-order chi connectivity index (χ1) is 10.6. The number of carbonyl (C=O) groups excluding carboxylic acids is 1. The van der Waals surface area contributed by atoms with Crippen LogP contribution in [0.2, 0.25) is 0 Å². The van der Waals surface area contributed by atoms with Crippen molar-refractivity contribution in [2.24, 2.45) is 5.92 Å². The van der Waals surface area contributed by atoms with Crippen molar-refractivity contribution in [3.05, 3.63) is 59.5 Å². The maximum Gasteiger partial charge on any atom is 0.338 e. The van der Waals surface area contributed by atoms with Crippen LogP contribution in [0.1, 0.15) is 32.9 Å². The van der Waals surface area contributed by atoms with Crippen molar-refractivity contribution in [3.63, 3.8) is 0 Å². The lowest BCUT2D eigenvalue weighted by Crippen LogP contribution is -2.28. The molecule has 1 N–H and O–H groups in total. The summed E-state index contributed by atoms with van der Waals surface area (Å²) in [7, 11) is 0. The third kappa shape index (κ3) is 3.03. The van der Waals surface area contributed by atoms with Crippen LogP contribution >= 0.6 is 0 Å². The number of hydrogen-bond donors (Lipinski definition) is 1. The molecule has 0 aliphatic carbocycles. The molecule has 1 aliphatic heterocycles. The number of hydrogen-bond acceptors (Lipinski definition) is 3. The molecule has 1 aliphatic rings. The summed E-state index contributed by atoms with van der Waals surface area (Å²) in [5, 5.41) is 8.87. The second-order valence-corrected chi connectivity index (χ2v) is 5.60. The molecule has 2 heterocycles. The summed E-state index contributed by atoms with van der Waals surface area (Å²) in [5.41, 5.74) is 1.27. The molecule has 1 aromatic carbocycles. The standard InChI is InChI=1S/C17H17NO4/c19-16(15-9-14(11-22-15)17(20)21)18-7-6-13(10-18)8-12-4-2-1-3-5-12/h1-5,9,11,13H,6-8,10H2,(H,20,21). The summed E-state index contributed by atoms with van der Waals surface area (Å²) in [6.07, 6.45) is 3.00. The van der Waals surface area contributed by atoms with Crippen molar-refractivity contribution in [3.8, 4) is 0 Å². The molecule has 5 heteroatoms. The molecule has 3 rings (SSSR count). The minimum atomic E-state index is -1.09. The normalized spacial score (nSPS) is 17.6. The number of carboxylic acid groups (broad SMARTS) is 1. The van der Waals surface area contributed by atoms with Gasteiger partial charge in [0.1, 0.15) is 6.26 Å². The number of carboxylic acids is 1. The van der Waals surface area contributed by atoms with Crippen LogP contribution in [0.4, 0.5) is 0 Å².